The molecule has 0 aliphatic carbocycles. The second-order valence-electron chi connectivity index (χ2n) is 4.06. The zero-order chi connectivity index (χ0) is 13.5. The Morgan fingerprint density at radius 2 is 1.00 bits per heavy atom. The Balaban J connectivity index is 0. The minimum atomic E-state index is -1.08. The van der Waals surface area contributed by atoms with Gasteiger partial charge in [-0.05, 0) is 0 Å². The topological polar surface area (TPSA) is 74.6 Å². The van der Waals surface area contributed by atoms with Gasteiger partial charge in [0.2, 0.25) is 0 Å². The maximum Gasteiger partial charge on any atom is 0.303 e. The van der Waals surface area contributed by atoms with Crippen molar-refractivity contribution in [3.8, 4) is 0 Å². The van der Waals surface area contributed by atoms with Gasteiger partial charge in [-0.2, -0.15) is 0 Å². The van der Waals surface area contributed by atoms with Gasteiger partial charge < -0.3 is 10.2 Å². The zero-order valence-electron chi connectivity index (χ0n) is 11.1. The van der Waals surface area contributed by atoms with E-state index in [1.807, 2.05) is 0 Å². The summed E-state index contributed by atoms with van der Waals surface area (Å²) < 4.78 is 0. The number of unbranched alkanes of at least 4 members (excludes halogenated alkanes) is 6. The van der Waals surface area contributed by atoms with Gasteiger partial charge >= 0.3 is 11.9 Å². The largest absolute Gasteiger partial charge is 0.481 e. The number of aliphatic carboxylic acids is 2. The Hall–Kier alpha value is -1.06. The fourth-order valence-corrected chi connectivity index (χ4v) is 1.24. The summed E-state index contributed by atoms with van der Waals surface area (Å²) in [6, 6.07) is 0. The van der Waals surface area contributed by atoms with Crippen molar-refractivity contribution in [2.75, 3.05) is 0 Å². The smallest absolute Gasteiger partial charge is 0.303 e. The number of hydrogen-bond acceptors (Lipinski definition) is 2. The van der Waals surface area contributed by atoms with E-state index in [1.54, 1.807) is 0 Å². The fraction of sp³-hybridized carbons (Fsp3) is 0.846. The summed E-state index contributed by atoms with van der Waals surface area (Å²) in [5.41, 5.74) is 0. The molecule has 2 N–H and O–H groups in total. The number of carbonyl (C=O) groups is 2. The van der Waals surface area contributed by atoms with E-state index in [0.717, 1.165) is 0 Å². The normalized spacial score (nSPS) is 9.29. The van der Waals surface area contributed by atoms with E-state index in [4.69, 9.17) is 10.2 Å². The van der Waals surface area contributed by atoms with Crippen molar-refractivity contribution in [3.05, 3.63) is 0 Å². The summed E-state index contributed by atoms with van der Waals surface area (Å²) in [6.07, 6.45) is 9.38. The van der Waals surface area contributed by atoms with Crippen LogP contribution in [0.4, 0.5) is 0 Å². The van der Waals surface area contributed by atoms with Crippen molar-refractivity contribution < 1.29 is 19.8 Å². The molecule has 4 nitrogen and oxygen atoms in total. The average molecular weight is 246 g/mol. The van der Waals surface area contributed by atoms with Gasteiger partial charge in [-0.15, -0.1) is 0 Å². The molecule has 0 unspecified atom stereocenters. The molecule has 0 aliphatic rings. The van der Waals surface area contributed by atoms with Gasteiger partial charge in [0.25, 0.3) is 0 Å². The molecule has 102 valence electrons. The van der Waals surface area contributed by atoms with Crippen molar-refractivity contribution in [1.82, 2.24) is 0 Å². The van der Waals surface area contributed by atoms with E-state index in [-0.39, 0.29) is 12.8 Å². The quantitative estimate of drug-likeness (QED) is 0.608. The van der Waals surface area contributed by atoms with Crippen LogP contribution in [0.5, 0.6) is 0 Å². The summed E-state index contributed by atoms with van der Waals surface area (Å²) in [6.45, 7) is 4.53. The van der Waals surface area contributed by atoms with Crippen LogP contribution in [0.2, 0.25) is 0 Å². The Kier molecular flexibility index (Phi) is 16.1. The van der Waals surface area contributed by atoms with Crippen molar-refractivity contribution in [1.29, 1.82) is 0 Å². The molecule has 0 amide bonds. The summed E-state index contributed by atoms with van der Waals surface area (Å²) in [5, 5.41) is 15.8. The van der Waals surface area contributed by atoms with E-state index in [1.165, 1.54) is 44.9 Å². The van der Waals surface area contributed by atoms with E-state index in [0.29, 0.717) is 0 Å². The molecule has 0 saturated carbocycles. The highest BCUT2D eigenvalue weighted by molar-refractivity contribution is 5.75. The highest BCUT2D eigenvalue weighted by Crippen LogP contribution is 2.05. The first-order valence-electron chi connectivity index (χ1n) is 6.48. The molecule has 0 rings (SSSR count). The molecule has 0 aliphatic heterocycles. The number of carboxylic acids is 2. The molecule has 0 aromatic carbocycles. The maximum atomic E-state index is 9.64. The predicted octanol–water partition coefficient (Wildman–Crippen LogP) is 3.69. The Morgan fingerprint density at radius 3 is 1.24 bits per heavy atom. The van der Waals surface area contributed by atoms with Gasteiger partial charge in [-0.25, -0.2) is 0 Å². The van der Waals surface area contributed by atoms with E-state index < -0.39 is 11.9 Å². The lowest BCUT2D eigenvalue weighted by Gasteiger charge is -1.96. The van der Waals surface area contributed by atoms with Crippen LogP contribution in [0.1, 0.15) is 71.6 Å². The SMILES string of the molecule is CCCCCCCCC.O=C(O)CCC(=O)O. The van der Waals surface area contributed by atoms with Crippen LogP contribution >= 0.6 is 0 Å². The number of rotatable bonds is 9. The molecule has 0 atom stereocenters. The second kappa shape index (κ2) is 14.9. The summed E-state index contributed by atoms with van der Waals surface area (Å²) >= 11 is 0. The van der Waals surface area contributed by atoms with Gasteiger partial charge in [0.15, 0.2) is 0 Å². The summed E-state index contributed by atoms with van der Waals surface area (Å²) in [7, 11) is 0. The lowest BCUT2D eigenvalue weighted by atomic mass is 10.1. The van der Waals surface area contributed by atoms with Gasteiger partial charge in [-0.1, -0.05) is 58.8 Å². The van der Waals surface area contributed by atoms with E-state index in [9.17, 15) is 9.59 Å². The molecule has 0 aromatic rings. The van der Waals surface area contributed by atoms with Crippen LogP contribution in [0, 0.1) is 0 Å². The van der Waals surface area contributed by atoms with Crippen LogP contribution in [-0.2, 0) is 9.59 Å². The fourth-order valence-electron chi connectivity index (χ4n) is 1.24. The van der Waals surface area contributed by atoms with Gasteiger partial charge in [-0.3, -0.25) is 9.59 Å². The molecule has 0 aromatic heterocycles. The van der Waals surface area contributed by atoms with Crippen LogP contribution in [0.15, 0.2) is 0 Å². The molecule has 0 bridgehead atoms. The van der Waals surface area contributed by atoms with E-state index >= 15 is 0 Å². The first-order valence-corrected chi connectivity index (χ1v) is 6.48. The summed E-state index contributed by atoms with van der Waals surface area (Å²) in [4.78, 5) is 19.3. The van der Waals surface area contributed by atoms with Gasteiger partial charge in [0.1, 0.15) is 0 Å². The highest BCUT2D eigenvalue weighted by atomic mass is 16.4. The van der Waals surface area contributed by atoms with Gasteiger partial charge in [0.05, 0.1) is 12.8 Å². The third-order valence-corrected chi connectivity index (χ3v) is 2.26. The lowest BCUT2D eigenvalue weighted by Crippen LogP contribution is -2.00. The molecular formula is C13H26O4. The average Bonchev–Trinajstić information content (AvgIpc) is 2.27. The first kappa shape index (κ1) is 18.3. The maximum absolute atomic E-state index is 9.64. The van der Waals surface area contributed by atoms with Crippen molar-refractivity contribution in [2.45, 2.75) is 71.6 Å². The molecule has 0 radical (unpaired) electrons. The second-order valence-corrected chi connectivity index (χ2v) is 4.06. The van der Waals surface area contributed by atoms with Crippen molar-refractivity contribution in [3.63, 3.8) is 0 Å². The minimum Gasteiger partial charge on any atom is -0.481 e. The standard InChI is InChI=1S/C9H20.C4H6O4/c1-3-5-7-9-8-6-4-2;5-3(6)1-2-4(7)8/h3-9H2,1-2H3;1-2H2,(H,5,6)(H,7,8). The Bertz CT molecular complexity index is 170. The number of carboxylic acid groups (broad SMARTS) is 2. The molecule has 0 fully saturated rings. The van der Waals surface area contributed by atoms with Gasteiger partial charge in [0, 0.05) is 0 Å². The molecule has 0 saturated heterocycles. The van der Waals surface area contributed by atoms with E-state index in [2.05, 4.69) is 13.8 Å². The van der Waals surface area contributed by atoms with Crippen LogP contribution in [0.3, 0.4) is 0 Å². The molecular weight excluding hydrogens is 220 g/mol. The minimum absolute atomic E-state index is 0.296. The van der Waals surface area contributed by atoms with Crippen LogP contribution in [0.25, 0.3) is 0 Å². The Morgan fingerprint density at radius 1 is 0.706 bits per heavy atom. The zero-order valence-corrected chi connectivity index (χ0v) is 11.1. The monoisotopic (exact) mass is 246 g/mol. The molecule has 0 spiro atoms. The third-order valence-electron chi connectivity index (χ3n) is 2.26. The summed E-state index contributed by atoms with van der Waals surface area (Å²) in [5.74, 6) is -2.15. The van der Waals surface area contributed by atoms with Crippen molar-refractivity contribution in [2.24, 2.45) is 0 Å². The lowest BCUT2D eigenvalue weighted by molar-refractivity contribution is -0.143. The van der Waals surface area contributed by atoms with Crippen molar-refractivity contribution >= 4 is 11.9 Å². The molecule has 0 heterocycles. The Labute approximate surface area is 104 Å². The predicted molar refractivity (Wildman–Crippen MR) is 68.2 cm³/mol. The van der Waals surface area contributed by atoms with Crippen LogP contribution < -0.4 is 0 Å². The number of hydrogen-bond donors (Lipinski definition) is 2. The highest BCUT2D eigenvalue weighted by Gasteiger charge is 2.00. The third kappa shape index (κ3) is 25.3. The van der Waals surface area contributed by atoms with Crippen LogP contribution in [-0.4, -0.2) is 22.2 Å². The first-order chi connectivity index (χ1) is 8.04. The molecule has 4 heteroatoms. The molecule has 17 heavy (non-hydrogen) atoms.